The first kappa shape index (κ1) is 19.3. The Morgan fingerprint density at radius 2 is 1.90 bits per heavy atom. The summed E-state index contributed by atoms with van der Waals surface area (Å²) in [5, 5.41) is 5.55. The van der Waals surface area contributed by atoms with E-state index in [0.717, 1.165) is 11.3 Å². The van der Waals surface area contributed by atoms with E-state index in [-0.39, 0.29) is 0 Å². The first-order valence-electron chi connectivity index (χ1n) is 9.14. The van der Waals surface area contributed by atoms with Crippen LogP contribution in [0.2, 0.25) is 0 Å². The van der Waals surface area contributed by atoms with Crippen LogP contribution in [0.1, 0.15) is 11.7 Å². The van der Waals surface area contributed by atoms with E-state index in [2.05, 4.69) is 15.6 Å². The number of amides is 2. The maximum atomic E-state index is 12.4. The zero-order valence-corrected chi connectivity index (χ0v) is 16.5. The summed E-state index contributed by atoms with van der Waals surface area (Å²) < 4.78 is 15.7. The summed E-state index contributed by atoms with van der Waals surface area (Å²) in [6.07, 6.45) is 2.79. The largest absolute Gasteiger partial charge is 0.497 e. The van der Waals surface area contributed by atoms with Gasteiger partial charge in [0.15, 0.2) is 0 Å². The van der Waals surface area contributed by atoms with Gasteiger partial charge in [0.05, 0.1) is 31.7 Å². The summed E-state index contributed by atoms with van der Waals surface area (Å²) in [6.45, 7) is 0. The van der Waals surface area contributed by atoms with Gasteiger partial charge < -0.3 is 35.2 Å². The van der Waals surface area contributed by atoms with Gasteiger partial charge in [-0.2, -0.15) is 0 Å². The van der Waals surface area contributed by atoms with E-state index in [4.69, 9.17) is 19.6 Å². The summed E-state index contributed by atoms with van der Waals surface area (Å²) in [4.78, 5) is 18.5. The van der Waals surface area contributed by atoms with Crippen molar-refractivity contribution in [1.82, 2.24) is 0 Å². The lowest BCUT2D eigenvalue weighted by atomic mass is 10.2. The summed E-state index contributed by atoms with van der Waals surface area (Å²) in [5.74, 6) is 1.65. The van der Waals surface area contributed by atoms with Gasteiger partial charge in [-0.1, -0.05) is 0 Å². The molecule has 30 heavy (non-hydrogen) atoms. The van der Waals surface area contributed by atoms with Crippen LogP contribution in [0.25, 0.3) is 0 Å². The maximum Gasteiger partial charge on any atom is 0.323 e. The van der Waals surface area contributed by atoms with Crippen LogP contribution < -0.4 is 30.7 Å². The number of anilines is 3. The van der Waals surface area contributed by atoms with Gasteiger partial charge in [0.2, 0.25) is 5.88 Å². The number of nitrogens with zero attached hydrogens (tertiary/aromatic N) is 2. The van der Waals surface area contributed by atoms with Crippen LogP contribution in [0.4, 0.5) is 27.7 Å². The number of carbonyl (C=O) groups excluding carboxylic acids is 1. The Hall–Kier alpha value is -3.98. The molecular weight excluding hydrogens is 386 g/mol. The number of aliphatic imine (C=N–C) groups is 1. The highest BCUT2D eigenvalue weighted by molar-refractivity contribution is 6.01. The van der Waals surface area contributed by atoms with Crippen LogP contribution in [0.3, 0.4) is 0 Å². The zero-order chi connectivity index (χ0) is 21.1. The highest BCUT2D eigenvalue weighted by atomic mass is 16.5. The van der Waals surface area contributed by atoms with Gasteiger partial charge >= 0.3 is 6.03 Å². The molecule has 0 saturated carbocycles. The van der Waals surface area contributed by atoms with Crippen molar-refractivity contribution >= 4 is 35.3 Å². The van der Waals surface area contributed by atoms with E-state index in [1.807, 2.05) is 17.0 Å². The molecule has 0 radical (unpaired) electrons. The second-order valence-corrected chi connectivity index (χ2v) is 6.47. The number of ether oxygens (including phenoxy) is 2. The van der Waals surface area contributed by atoms with Gasteiger partial charge in [0, 0.05) is 17.4 Å². The van der Waals surface area contributed by atoms with E-state index in [1.54, 1.807) is 56.1 Å². The fourth-order valence-electron chi connectivity index (χ4n) is 3.12. The number of benzene rings is 2. The average Bonchev–Trinajstić information content (AvgIpc) is 3.24. The van der Waals surface area contributed by atoms with Crippen molar-refractivity contribution in [2.45, 2.75) is 6.17 Å². The molecule has 1 atom stereocenters. The molecule has 1 unspecified atom stereocenters. The molecule has 1 aromatic heterocycles. The lowest BCUT2D eigenvalue weighted by molar-refractivity contribution is 0.262. The van der Waals surface area contributed by atoms with E-state index in [0.29, 0.717) is 28.8 Å². The van der Waals surface area contributed by atoms with Gasteiger partial charge in [-0.3, -0.25) is 0 Å². The number of furan rings is 1. The first-order valence-corrected chi connectivity index (χ1v) is 9.14. The highest BCUT2D eigenvalue weighted by Gasteiger charge is 2.24. The number of fused-ring (bicyclic) bond motifs is 1. The molecule has 2 heterocycles. The Balaban J connectivity index is 1.43. The Labute approximate surface area is 173 Å². The Morgan fingerprint density at radius 3 is 2.63 bits per heavy atom. The van der Waals surface area contributed by atoms with E-state index in [1.165, 1.54) is 7.11 Å². The number of hydrogen-bond donors (Lipinski definition) is 3. The third kappa shape index (κ3) is 3.78. The molecule has 1 aliphatic rings. The number of nitrogens with two attached hydrogens (primary N) is 1. The molecule has 4 N–H and O–H groups in total. The summed E-state index contributed by atoms with van der Waals surface area (Å²) in [5.41, 5.74) is 9.05. The molecule has 0 bridgehead atoms. The first-order chi connectivity index (χ1) is 14.6. The molecule has 2 amide bonds. The molecule has 0 saturated heterocycles. The zero-order valence-electron chi connectivity index (χ0n) is 16.5. The summed E-state index contributed by atoms with van der Waals surface area (Å²) in [6, 6.07) is 13.8. The lowest BCUT2D eigenvalue weighted by Gasteiger charge is -2.29. The summed E-state index contributed by atoms with van der Waals surface area (Å²) in [7, 11) is 3.09. The van der Waals surface area contributed by atoms with Crippen molar-refractivity contribution in [3.05, 3.63) is 60.4 Å². The fraction of sp³-hybridized carbons (Fsp3) is 0.143. The predicted molar refractivity (Wildman–Crippen MR) is 115 cm³/mol. The van der Waals surface area contributed by atoms with Gasteiger partial charge in [0.25, 0.3) is 0 Å². The monoisotopic (exact) mass is 407 g/mol. The van der Waals surface area contributed by atoms with Crippen molar-refractivity contribution < 1.29 is 18.7 Å². The Morgan fingerprint density at radius 1 is 1.10 bits per heavy atom. The SMILES string of the molecule is COc1ccc(OC)c(NC(=O)Nc2ccc(N3C=Nc4occc4C3N)cc2)c1. The van der Waals surface area contributed by atoms with E-state index < -0.39 is 12.2 Å². The van der Waals surface area contributed by atoms with Crippen molar-refractivity contribution in [1.29, 1.82) is 0 Å². The van der Waals surface area contributed by atoms with Gasteiger partial charge in [-0.15, -0.1) is 0 Å². The molecule has 9 nitrogen and oxygen atoms in total. The van der Waals surface area contributed by atoms with Crippen LogP contribution in [-0.2, 0) is 0 Å². The van der Waals surface area contributed by atoms with Crippen LogP contribution in [0, 0.1) is 0 Å². The minimum Gasteiger partial charge on any atom is -0.497 e. The molecule has 0 aliphatic carbocycles. The predicted octanol–water partition coefficient (Wildman–Crippen LogP) is 4.08. The molecule has 0 spiro atoms. The minimum atomic E-state index is -0.409. The normalized spacial score (nSPS) is 14.8. The fourth-order valence-corrected chi connectivity index (χ4v) is 3.12. The van der Waals surface area contributed by atoms with Crippen LogP contribution in [0.15, 0.2) is 64.2 Å². The van der Waals surface area contributed by atoms with Crippen LogP contribution in [-0.4, -0.2) is 26.6 Å². The van der Waals surface area contributed by atoms with E-state index in [9.17, 15) is 4.79 Å². The smallest absolute Gasteiger partial charge is 0.323 e. The second kappa shape index (κ2) is 8.18. The number of rotatable bonds is 5. The van der Waals surface area contributed by atoms with Crippen molar-refractivity contribution in [2.24, 2.45) is 10.7 Å². The second-order valence-electron chi connectivity index (χ2n) is 6.47. The molecule has 2 aromatic carbocycles. The molecule has 9 heteroatoms. The molecule has 154 valence electrons. The van der Waals surface area contributed by atoms with Crippen LogP contribution in [0.5, 0.6) is 11.5 Å². The Kier molecular flexibility index (Phi) is 5.27. The third-order valence-electron chi connectivity index (χ3n) is 4.67. The average molecular weight is 407 g/mol. The van der Waals surface area contributed by atoms with Crippen molar-refractivity contribution in [3.8, 4) is 11.5 Å². The summed E-state index contributed by atoms with van der Waals surface area (Å²) >= 11 is 0. The number of nitrogens with one attached hydrogen (secondary N) is 2. The Bertz CT molecular complexity index is 1080. The van der Waals surface area contributed by atoms with Gasteiger partial charge in [0.1, 0.15) is 24.0 Å². The number of hydrogen-bond acceptors (Lipinski definition) is 7. The molecule has 4 rings (SSSR count). The quantitative estimate of drug-likeness (QED) is 0.587. The van der Waals surface area contributed by atoms with Gasteiger partial charge in [-0.25, -0.2) is 9.79 Å². The molecule has 0 fully saturated rings. The molecular formula is C21H21N5O4. The van der Waals surface area contributed by atoms with Crippen molar-refractivity contribution in [2.75, 3.05) is 29.8 Å². The standard InChI is InChI=1S/C21H21N5O4/c1-28-15-7-8-18(29-2)17(11-15)25-21(27)24-13-3-5-14(6-4-13)26-12-23-20-16(19(26)22)9-10-30-20/h3-12,19H,22H2,1-2H3,(H2,24,25,27). The number of methoxy groups -OCH3 is 2. The minimum absolute atomic E-state index is 0.404. The third-order valence-corrected chi connectivity index (χ3v) is 4.67. The van der Waals surface area contributed by atoms with Crippen LogP contribution >= 0.6 is 0 Å². The number of urea groups is 1. The maximum absolute atomic E-state index is 12.4. The molecule has 3 aromatic rings. The van der Waals surface area contributed by atoms with Gasteiger partial charge in [-0.05, 0) is 42.5 Å². The van der Waals surface area contributed by atoms with E-state index >= 15 is 0 Å². The topological polar surface area (TPSA) is 114 Å². The lowest BCUT2D eigenvalue weighted by Crippen LogP contribution is -2.35. The van der Waals surface area contributed by atoms with Crippen molar-refractivity contribution in [3.63, 3.8) is 0 Å². The highest BCUT2D eigenvalue weighted by Crippen LogP contribution is 2.34. The number of carbonyl (C=O) groups is 1. The molecule has 1 aliphatic heterocycles.